The van der Waals surface area contributed by atoms with E-state index in [1.165, 1.54) is 5.39 Å². The molecule has 5 nitrogen and oxygen atoms in total. The number of rotatable bonds is 3. The van der Waals surface area contributed by atoms with Gasteiger partial charge in [-0.25, -0.2) is 0 Å². The molecule has 2 aromatic carbocycles. The van der Waals surface area contributed by atoms with Crippen LogP contribution < -0.4 is 4.18 Å². The minimum absolute atomic E-state index is 0.0352. The highest BCUT2D eigenvalue weighted by Gasteiger charge is 2.12. The third-order valence-corrected chi connectivity index (χ3v) is 4.77. The third-order valence-electron chi connectivity index (χ3n) is 3.63. The number of fused-ring (bicyclic) bond motifs is 2. The van der Waals surface area contributed by atoms with Crippen LogP contribution in [0.15, 0.2) is 73.1 Å². The van der Waals surface area contributed by atoms with Crippen molar-refractivity contribution >= 4 is 31.9 Å². The van der Waals surface area contributed by atoms with E-state index in [9.17, 15) is 8.42 Å². The van der Waals surface area contributed by atoms with E-state index < -0.39 is 10.1 Å². The van der Waals surface area contributed by atoms with Gasteiger partial charge < -0.3 is 9.17 Å². The molecular formula is C19H18N2O3S. The molecule has 0 saturated carbocycles. The van der Waals surface area contributed by atoms with Crippen LogP contribution in [0.2, 0.25) is 0 Å². The quantitative estimate of drug-likeness (QED) is 0.562. The van der Waals surface area contributed by atoms with Crippen LogP contribution in [0.4, 0.5) is 0 Å². The summed E-state index contributed by atoms with van der Waals surface area (Å²) in [6.45, 7) is 1.55. The molecule has 128 valence electrons. The van der Waals surface area contributed by atoms with Crippen LogP contribution in [0.25, 0.3) is 21.8 Å². The van der Waals surface area contributed by atoms with E-state index in [0.29, 0.717) is 5.75 Å². The van der Waals surface area contributed by atoms with Crippen molar-refractivity contribution in [1.82, 2.24) is 9.97 Å². The van der Waals surface area contributed by atoms with E-state index >= 15 is 0 Å². The average Bonchev–Trinajstić information content (AvgIpc) is 3.05. The molecule has 0 radical (unpaired) electrons. The molecule has 0 bridgehead atoms. The molecule has 4 rings (SSSR count). The van der Waals surface area contributed by atoms with Gasteiger partial charge in [0.1, 0.15) is 0 Å². The zero-order valence-corrected chi connectivity index (χ0v) is 14.5. The molecule has 0 aliphatic rings. The summed E-state index contributed by atoms with van der Waals surface area (Å²) in [5.41, 5.74) is 1.92. The van der Waals surface area contributed by atoms with Crippen LogP contribution in [0, 0.1) is 0 Å². The van der Waals surface area contributed by atoms with Crippen LogP contribution in [0.3, 0.4) is 0 Å². The second-order valence-corrected chi connectivity index (χ2v) is 7.18. The van der Waals surface area contributed by atoms with Gasteiger partial charge in [-0.15, -0.1) is 0 Å². The van der Waals surface area contributed by atoms with Gasteiger partial charge >= 0.3 is 10.1 Å². The van der Waals surface area contributed by atoms with E-state index in [0.717, 1.165) is 16.4 Å². The van der Waals surface area contributed by atoms with Crippen molar-refractivity contribution in [2.24, 2.45) is 0 Å². The average molecular weight is 354 g/mol. The topological polar surface area (TPSA) is 72.1 Å². The summed E-state index contributed by atoms with van der Waals surface area (Å²) in [7, 11) is -3.45. The minimum atomic E-state index is -3.45. The van der Waals surface area contributed by atoms with Gasteiger partial charge in [-0.05, 0) is 31.2 Å². The lowest BCUT2D eigenvalue weighted by Gasteiger charge is -2.02. The lowest BCUT2D eigenvalue weighted by atomic mass is 10.2. The van der Waals surface area contributed by atoms with Crippen LogP contribution in [-0.4, -0.2) is 24.1 Å². The first-order valence-electron chi connectivity index (χ1n) is 7.87. The van der Waals surface area contributed by atoms with Crippen molar-refractivity contribution < 1.29 is 12.6 Å². The highest BCUT2D eigenvalue weighted by atomic mass is 32.2. The van der Waals surface area contributed by atoms with Gasteiger partial charge in [-0.1, -0.05) is 36.4 Å². The lowest BCUT2D eigenvalue weighted by Crippen LogP contribution is -2.10. The Labute approximate surface area is 146 Å². The molecular weight excluding hydrogens is 336 g/mol. The van der Waals surface area contributed by atoms with E-state index in [2.05, 4.69) is 22.1 Å². The number of H-pyrrole nitrogens is 1. The summed E-state index contributed by atoms with van der Waals surface area (Å²) < 4.78 is 27.5. The highest BCUT2D eigenvalue weighted by molar-refractivity contribution is 7.87. The van der Waals surface area contributed by atoms with Gasteiger partial charge in [0.05, 0.1) is 11.3 Å². The zero-order chi connectivity index (χ0) is 17.7. The third kappa shape index (κ3) is 4.16. The molecule has 0 amide bonds. The van der Waals surface area contributed by atoms with Crippen molar-refractivity contribution in [3.05, 3.63) is 73.1 Å². The maximum absolute atomic E-state index is 11.3. The summed E-state index contributed by atoms with van der Waals surface area (Å²) in [5, 5.41) is 1.97. The number of benzene rings is 2. The van der Waals surface area contributed by atoms with Crippen LogP contribution in [-0.2, 0) is 10.1 Å². The Hall–Kier alpha value is -2.86. The molecule has 2 aromatic heterocycles. The number of nitrogens with one attached hydrogen (secondary N) is 1. The van der Waals surface area contributed by atoms with Crippen molar-refractivity contribution in [1.29, 1.82) is 0 Å². The fourth-order valence-electron chi connectivity index (χ4n) is 2.33. The Kier molecular flexibility index (Phi) is 5.00. The normalized spacial score (nSPS) is 11.1. The van der Waals surface area contributed by atoms with Crippen molar-refractivity contribution in [2.45, 2.75) is 6.92 Å². The molecule has 0 saturated heterocycles. The first-order valence-corrected chi connectivity index (χ1v) is 9.45. The second-order valence-electron chi connectivity index (χ2n) is 5.32. The fraction of sp³-hybridized carbons (Fsp3) is 0.105. The van der Waals surface area contributed by atoms with Crippen molar-refractivity contribution in [2.75, 3.05) is 5.75 Å². The summed E-state index contributed by atoms with van der Waals surface area (Å²) >= 11 is 0. The monoisotopic (exact) mass is 354 g/mol. The van der Waals surface area contributed by atoms with Crippen LogP contribution >= 0.6 is 0 Å². The molecule has 0 aliphatic heterocycles. The van der Waals surface area contributed by atoms with E-state index in [1.54, 1.807) is 13.1 Å². The standard InChI is InChI=1S/C10H11NO3S.C9H7N/c1-2-15(12,13)14-10-7-11-9-6-4-3-5-8(9)10;1-2-6-9-8(4-1)5-3-7-10-9/h3-7,11H,2H2,1H3;1-7H. The predicted molar refractivity (Wildman–Crippen MR) is 100 cm³/mol. The van der Waals surface area contributed by atoms with E-state index in [4.69, 9.17) is 4.18 Å². The molecule has 0 unspecified atom stereocenters. The van der Waals surface area contributed by atoms with Gasteiger partial charge in [0.2, 0.25) is 0 Å². The molecule has 4 aromatic rings. The van der Waals surface area contributed by atoms with Gasteiger partial charge in [0, 0.05) is 28.7 Å². The Bertz CT molecular complexity index is 1020. The summed E-state index contributed by atoms with van der Waals surface area (Å²) in [6.07, 6.45) is 3.36. The molecule has 0 aliphatic carbocycles. The zero-order valence-electron chi connectivity index (χ0n) is 13.7. The van der Waals surface area contributed by atoms with Gasteiger partial charge in [-0.3, -0.25) is 4.98 Å². The van der Waals surface area contributed by atoms with Gasteiger partial charge in [0.25, 0.3) is 0 Å². The number of aromatic amines is 1. The molecule has 6 heteroatoms. The number of nitrogens with zero attached hydrogens (tertiary/aromatic N) is 1. The minimum Gasteiger partial charge on any atom is -0.380 e. The lowest BCUT2D eigenvalue weighted by molar-refractivity contribution is 0.490. The number of hydrogen-bond acceptors (Lipinski definition) is 4. The van der Waals surface area contributed by atoms with E-state index in [1.807, 2.05) is 54.7 Å². The van der Waals surface area contributed by atoms with Gasteiger partial charge in [0.15, 0.2) is 5.75 Å². The predicted octanol–water partition coefficient (Wildman–Crippen LogP) is 4.13. The Balaban J connectivity index is 0.000000157. The molecule has 25 heavy (non-hydrogen) atoms. The first kappa shape index (κ1) is 17.0. The Morgan fingerprint density at radius 1 is 1.00 bits per heavy atom. The molecule has 1 N–H and O–H groups in total. The Morgan fingerprint density at radius 3 is 2.52 bits per heavy atom. The van der Waals surface area contributed by atoms with Crippen molar-refractivity contribution in [3.63, 3.8) is 0 Å². The van der Waals surface area contributed by atoms with Crippen molar-refractivity contribution in [3.8, 4) is 5.75 Å². The summed E-state index contributed by atoms with van der Waals surface area (Å²) in [4.78, 5) is 7.13. The largest absolute Gasteiger partial charge is 0.380 e. The summed E-state index contributed by atoms with van der Waals surface area (Å²) in [6, 6.07) is 19.5. The second kappa shape index (κ2) is 7.36. The summed E-state index contributed by atoms with van der Waals surface area (Å²) in [5.74, 6) is 0.319. The molecule has 0 fully saturated rings. The molecule has 0 atom stereocenters. The molecule has 0 spiro atoms. The fourth-order valence-corrected chi connectivity index (χ4v) is 2.85. The smallest absolute Gasteiger partial charge is 0.308 e. The van der Waals surface area contributed by atoms with Crippen LogP contribution in [0.1, 0.15) is 6.92 Å². The molecule has 2 heterocycles. The number of hydrogen-bond donors (Lipinski definition) is 1. The number of aromatic nitrogens is 2. The number of pyridine rings is 1. The maximum Gasteiger partial charge on any atom is 0.308 e. The first-order chi connectivity index (χ1) is 12.1. The Morgan fingerprint density at radius 2 is 1.72 bits per heavy atom. The van der Waals surface area contributed by atoms with E-state index in [-0.39, 0.29) is 5.75 Å². The SMILES string of the molecule is CCS(=O)(=O)Oc1c[nH]c2ccccc12.c1ccc2ncccc2c1. The maximum atomic E-state index is 11.3. The van der Waals surface area contributed by atoms with Gasteiger partial charge in [-0.2, -0.15) is 8.42 Å². The number of para-hydroxylation sites is 2. The highest BCUT2D eigenvalue weighted by Crippen LogP contribution is 2.26. The van der Waals surface area contributed by atoms with Crippen LogP contribution in [0.5, 0.6) is 5.75 Å².